The van der Waals surface area contributed by atoms with Gasteiger partial charge in [0, 0.05) is 45.9 Å². The molecule has 2 heterocycles. The zero-order chi connectivity index (χ0) is 34.9. The maximum Gasteiger partial charge on any atom is 0.258 e. The van der Waals surface area contributed by atoms with Gasteiger partial charge < -0.3 is 39.2 Å². The number of aromatic nitrogens is 2. The Balaban J connectivity index is 0.00000351. The molecular weight excluding hydrogens is 695 g/mol. The minimum absolute atomic E-state index is 0. The number of carbonyl (C=O) groups is 2. The number of allylic oxidation sites excluding steroid dienone is 1. The number of unbranched alkanes of at least 4 members (excludes halogenated alkanes) is 1. The second-order valence-corrected chi connectivity index (χ2v) is 12.2. The molecule has 0 aliphatic carbocycles. The van der Waals surface area contributed by atoms with Gasteiger partial charge in [0.15, 0.2) is 0 Å². The number of piperazine rings is 1. The number of hydrogen-bond acceptors (Lipinski definition) is 9. The second-order valence-electron chi connectivity index (χ2n) is 12.2. The Morgan fingerprint density at radius 1 is 1.00 bits per heavy atom. The summed E-state index contributed by atoms with van der Waals surface area (Å²) in [6.45, 7) is 6.26. The average molecular weight is 742 g/mol. The summed E-state index contributed by atoms with van der Waals surface area (Å²) in [5.41, 5.74) is 4.78. The van der Waals surface area contributed by atoms with Crippen molar-refractivity contribution in [1.82, 2.24) is 19.8 Å². The van der Waals surface area contributed by atoms with Crippen LogP contribution in [0.25, 0.3) is 11.0 Å². The van der Waals surface area contributed by atoms with Crippen LogP contribution in [0.15, 0.2) is 60.3 Å². The number of nitrogens with zero attached hydrogens (tertiary/aromatic N) is 4. The van der Waals surface area contributed by atoms with Crippen molar-refractivity contribution in [2.24, 2.45) is 0 Å². The van der Waals surface area contributed by atoms with Gasteiger partial charge in [-0.05, 0) is 81.3 Å². The quantitative estimate of drug-likeness (QED) is 0.120. The Labute approximate surface area is 310 Å². The third kappa shape index (κ3) is 10.0. The van der Waals surface area contributed by atoms with Crippen LogP contribution in [0.2, 0.25) is 0 Å². The molecule has 0 spiro atoms. The van der Waals surface area contributed by atoms with Crippen LogP contribution in [0, 0.1) is 6.92 Å². The number of benzene rings is 3. The molecule has 51 heavy (non-hydrogen) atoms. The minimum atomic E-state index is -0.366. The summed E-state index contributed by atoms with van der Waals surface area (Å²) in [5.74, 6) is 3.06. The highest BCUT2D eigenvalue weighted by molar-refractivity contribution is 6.12. The van der Waals surface area contributed by atoms with Gasteiger partial charge >= 0.3 is 0 Å². The molecule has 12 nitrogen and oxygen atoms in total. The van der Waals surface area contributed by atoms with E-state index >= 15 is 0 Å². The van der Waals surface area contributed by atoms with Crippen LogP contribution in [0.5, 0.6) is 11.5 Å². The van der Waals surface area contributed by atoms with Crippen molar-refractivity contribution in [1.29, 1.82) is 0 Å². The number of rotatable bonds is 14. The van der Waals surface area contributed by atoms with Crippen molar-refractivity contribution in [2.45, 2.75) is 32.8 Å². The van der Waals surface area contributed by atoms with Crippen molar-refractivity contribution in [3.8, 4) is 11.5 Å². The van der Waals surface area contributed by atoms with E-state index in [4.69, 9.17) is 14.2 Å². The summed E-state index contributed by atoms with van der Waals surface area (Å²) < 4.78 is 16.9. The number of amides is 2. The number of likely N-dealkylation sites (N-methyl/N-ethyl adjacent to an activating group) is 1. The lowest BCUT2D eigenvalue weighted by molar-refractivity contribution is 0.0990. The smallest absolute Gasteiger partial charge is 0.258 e. The first-order valence-corrected chi connectivity index (χ1v) is 16.4. The molecule has 274 valence electrons. The summed E-state index contributed by atoms with van der Waals surface area (Å²) in [4.78, 5) is 52.3. The monoisotopic (exact) mass is 740 g/mol. The van der Waals surface area contributed by atoms with Crippen molar-refractivity contribution in [2.75, 3.05) is 71.3 Å². The number of para-hydroxylation sites is 1. The number of aromatic amines is 1. The number of H-pyrrole nitrogens is 1. The molecule has 0 unspecified atom stereocenters. The second kappa shape index (κ2) is 19.1. The molecule has 1 aliphatic heterocycles. The predicted octanol–water partition coefficient (Wildman–Crippen LogP) is 5.91. The fourth-order valence-corrected chi connectivity index (χ4v) is 5.83. The van der Waals surface area contributed by atoms with Gasteiger partial charge in [0.25, 0.3) is 11.8 Å². The highest BCUT2D eigenvalue weighted by Crippen LogP contribution is 2.32. The molecule has 1 saturated heterocycles. The molecule has 3 aromatic carbocycles. The first-order valence-electron chi connectivity index (χ1n) is 16.4. The molecule has 4 aromatic rings. The molecule has 0 radical (unpaired) electrons. The van der Waals surface area contributed by atoms with E-state index in [2.05, 4.69) is 38.1 Å². The minimum Gasteiger partial charge on any atom is -0.495 e. The Hall–Kier alpha value is -4.58. The molecular formula is C37H46Cl2N6O6. The number of methoxy groups -OCH3 is 2. The van der Waals surface area contributed by atoms with E-state index in [9.17, 15) is 14.4 Å². The van der Waals surface area contributed by atoms with E-state index in [0.29, 0.717) is 65.0 Å². The van der Waals surface area contributed by atoms with Gasteiger partial charge in [-0.1, -0.05) is 12.1 Å². The van der Waals surface area contributed by atoms with Gasteiger partial charge in [-0.15, -0.1) is 24.8 Å². The molecule has 1 fully saturated rings. The standard InChI is InChI=1S/C37H44N6O6.2ClH/c1-25-12-15-31(33(21-25)49-20-7-6-9-27(23-44)43-18-16-41(2)17-19-43)42(3)37(46)26-13-14-29(32(22-26)48-5)39-36(45)28-10-8-11-30-35(28)40-34(38-30)24-47-4;;/h8,10-15,21-22H,6-7,9,16-20,24H2,1-5H3,(H,38,40)(H,39,45);2*1H. The number of fused-ring (bicyclic) bond motifs is 1. The Morgan fingerprint density at radius 2 is 1.76 bits per heavy atom. The maximum absolute atomic E-state index is 13.7. The topological polar surface area (TPSA) is 129 Å². The van der Waals surface area contributed by atoms with Gasteiger partial charge in [-0.2, -0.15) is 0 Å². The van der Waals surface area contributed by atoms with Crippen molar-refractivity contribution in [3.05, 3.63) is 82.8 Å². The fourth-order valence-electron chi connectivity index (χ4n) is 5.83. The van der Waals surface area contributed by atoms with E-state index in [-0.39, 0.29) is 36.6 Å². The van der Waals surface area contributed by atoms with Crippen LogP contribution in [-0.2, 0) is 16.1 Å². The van der Waals surface area contributed by atoms with Crippen LogP contribution >= 0.6 is 24.8 Å². The first kappa shape index (κ1) is 40.8. The third-order valence-corrected chi connectivity index (χ3v) is 8.63. The molecule has 1 aliphatic rings. The zero-order valence-corrected chi connectivity index (χ0v) is 31.2. The number of anilines is 2. The predicted molar refractivity (Wildman–Crippen MR) is 204 cm³/mol. The lowest BCUT2D eigenvalue weighted by atomic mass is 10.1. The van der Waals surface area contributed by atoms with Gasteiger partial charge in [0.2, 0.25) is 0 Å². The van der Waals surface area contributed by atoms with E-state index < -0.39 is 0 Å². The average Bonchev–Trinajstić information content (AvgIpc) is 3.53. The normalized spacial score (nSPS) is 12.7. The fraction of sp³-hybridized carbons (Fsp3) is 0.378. The van der Waals surface area contributed by atoms with E-state index in [1.807, 2.05) is 31.2 Å². The van der Waals surface area contributed by atoms with E-state index in [1.54, 1.807) is 44.5 Å². The van der Waals surface area contributed by atoms with E-state index in [1.165, 1.54) is 12.0 Å². The number of halogens is 2. The Kier molecular flexibility index (Phi) is 15.3. The van der Waals surface area contributed by atoms with Gasteiger partial charge in [-0.25, -0.2) is 9.78 Å². The summed E-state index contributed by atoms with van der Waals surface area (Å²) in [6.07, 6.45) is 2.19. The molecule has 0 bridgehead atoms. The van der Waals surface area contributed by atoms with Crippen molar-refractivity contribution >= 4 is 65.0 Å². The van der Waals surface area contributed by atoms with Crippen LogP contribution in [0.1, 0.15) is 51.4 Å². The van der Waals surface area contributed by atoms with Crippen LogP contribution in [-0.4, -0.2) is 98.6 Å². The summed E-state index contributed by atoms with van der Waals surface area (Å²) in [7, 11) is 6.85. The first-order chi connectivity index (χ1) is 23.7. The van der Waals surface area contributed by atoms with Crippen molar-refractivity contribution < 1.29 is 28.6 Å². The number of nitrogens with one attached hydrogen (secondary N) is 2. The molecule has 14 heteroatoms. The Bertz CT molecular complexity index is 1850. The number of carbonyl (C=O) groups excluding carboxylic acids is 3. The number of hydrogen-bond donors (Lipinski definition) is 2. The Morgan fingerprint density at radius 3 is 2.47 bits per heavy atom. The highest BCUT2D eigenvalue weighted by Gasteiger charge is 2.21. The lowest BCUT2D eigenvalue weighted by Crippen LogP contribution is -2.44. The van der Waals surface area contributed by atoms with E-state index in [0.717, 1.165) is 55.8 Å². The largest absolute Gasteiger partial charge is 0.495 e. The summed E-state index contributed by atoms with van der Waals surface area (Å²) >= 11 is 0. The molecule has 2 N–H and O–H groups in total. The highest BCUT2D eigenvalue weighted by atomic mass is 35.5. The SMILES string of the molecule is COCc1nc2c(C(=O)Nc3ccc(C(=O)N(C)c4ccc(C)cc4OCCCCC(=C=O)N4CCN(C)CC4)cc3OC)cccc2[nH]1.Cl.Cl. The van der Waals surface area contributed by atoms with Crippen LogP contribution < -0.4 is 19.7 Å². The number of imidazole rings is 1. The summed E-state index contributed by atoms with van der Waals surface area (Å²) in [6, 6.07) is 15.9. The van der Waals surface area contributed by atoms with Crippen molar-refractivity contribution in [3.63, 3.8) is 0 Å². The zero-order valence-electron chi connectivity index (χ0n) is 29.6. The van der Waals surface area contributed by atoms with Crippen LogP contribution in [0.4, 0.5) is 11.4 Å². The molecule has 5 rings (SSSR count). The van der Waals surface area contributed by atoms with Gasteiger partial charge in [-0.3, -0.25) is 9.59 Å². The molecule has 0 atom stereocenters. The van der Waals surface area contributed by atoms with Gasteiger partial charge in [0.1, 0.15) is 35.4 Å². The maximum atomic E-state index is 13.7. The molecule has 1 aromatic heterocycles. The number of ether oxygens (including phenoxy) is 3. The van der Waals surface area contributed by atoms with Crippen LogP contribution in [0.3, 0.4) is 0 Å². The molecule has 0 saturated carbocycles. The summed E-state index contributed by atoms with van der Waals surface area (Å²) in [5, 5.41) is 2.90. The third-order valence-electron chi connectivity index (χ3n) is 8.63. The molecule has 2 amide bonds. The van der Waals surface area contributed by atoms with Gasteiger partial charge in [0.05, 0.1) is 41.9 Å². The lowest BCUT2D eigenvalue weighted by Gasteiger charge is -2.34. The number of aryl methyl sites for hydroxylation is 1.